The van der Waals surface area contributed by atoms with Crippen LogP contribution < -0.4 is 0 Å². The number of hydrogen-bond acceptors (Lipinski definition) is 6. The van der Waals surface area contributed by atoms with Crippen molar-refractivity contribution >= 4 is 11.0 Å². The van der Waals surface area contributed by atoms with Crippen molar-refractivity contribution in [1.29, 1.82) is 0 Å². The highest BCUT2D eigenvalue weighted by molar-refractivity contribution is 5.77. The molecule has 0 spiro atoms. The molecular weight excluding hydrogens is 311 g/mol. The first kappa shape index (κ1) is 15.3. The largest absolute Gasteiger partial charge is 0.460 e. The van der Waals surface area contributed by atoms with Crippen LogP contribution in [-0.4, -0.2) is 46.1 Å². The smallest absolute Gasteiger partial charge is 0.223 e. The number of benzene rings is 1. The van der Waals surface area contributed by atoms with E-state index in [4.69, 9.17) is 8.94 Å². The quantitative estimate of drug-likeness (QED) is 0.733. The average molecular weight is 330 g/mol. The van der Waals surface area contributed by atoms with E-state index in [2.05, 4.69) is 19.9 Å². The van der Waals surface area contributed by atoms with Crippen LogP contribution in [0.25, 0.3) is 11.0 Å². The van der Waals surface area contributed by atoms with E-state index in [1.807, 2.05) is 6.07 Å². The van der Waals surface area contributed by atoms with Gasteiger partial charge in [-0.1, -0.05) is 5.16 Å². The molecular formula is C17H19FN4O2. The van der Waals surface area contributed by atoms with E-state index in [1.165, 1.54) is 12.1 Å². The van der Waals surface area contributed by atoms with Gasteiger partial charge in [0, 0.05) is 38.5 Å². The molecule has 7 heteroatoms. The van der Waals surface area contributed by atoms with Gasteiger partial charge in [0.15, 0.2) is 5.82 Å². The van der Waals surface area contributed by atoms with Gasteiger partial charge >= 0.3 is 0 Å². The first-order chi connectivity index (χ1) is 11.7. The maximum Gasteiger partial charge on any atom is 0.223 e. The van der Waals surface area contributed by atoms with Gasteiger partial charge in [0.05, 0.1) is 13.1 Å². The Morgan fingerprint density at radius 1 is 1.08 bits per heavy atom. The molecule has 1 saturated heterocycles. The summed E-state index contributed by atoms with van der Waals surface area (Å²) >= 11 is 0. The second kappa shape index (κ2) is 6.33. The van der Waals surface area contributed by atoms with Crippen molar-refractivity contribution in [3.05, 3.63) is 47.6 Å². The van der Waals surface area contributed by atoms with Crippen LogP contribution in [0.2, 0.25) is 0 Å². The van der Waals surface area contributed by atoms with Crippen molar-refractivity contribution in [2.75, 3.05) is 26.2 Å². The minimum Gasteiger partial charge on any atom is -0.460 e. The van der Waals surface area contributed by atoms with Crippen LogP contribution in [0, 0.1) is 12.7 Å². The van der Waals surface area contributed by atoms with Gasteiger partial charge in [0.2, 0.25) is 5.89 Å². The third-order valence-electron chi connectivity index (χ3n) is 4.31. The zero-order valence-electron chi connectivity index (χ0n) is 13.5. The van der Waals surface area contributed by atoms with Gasteiger partial charge in [0.1, 0.15) is 17.2 Å². The Morgan fingerprint density at radius 3 is 2.54 bits per heavy atom. The molecule has 1 fully saturated rings. The van der Waals surface area contributed by atoms with Crippen molar-refractivity contribution in [3.8, 4) is 0 Å². The van der Waals surface area contributed by atoms with Gasteiger partial charge in [0.25, 0.3) is 0 Å². The number of nitrogens with zero attached hydrogens (tertiary/aromatic N) is 4. The van der Waals surface area contributed by atoms with Crippen molar-refractivity contribution in [1.82, 2.24) is 19.9 Å². The molecule has 0 radical (unpaired) electrons. The minimum atomic E-state index is -0.236. The van der Waals surface area contributed by atoms with Crippen LogP contribution >= 0.6 is 0 Å². The van der Waals surface area contributed by atoms with Crippen LogP contribution in [0.15, 0.2) is 33.2 Å². The molecule has 4 rings (SSSR count). The number of furan rings is 1. The highest BCUT2D eigenvalue weighted by Crippen LogP contribution is 2.22. The van der Waals surface area contributed by atoms with E-state index >= 15 is 0 Å². The summed E-state index contributed by atoms with van der Waals surface area (Å²) in [6.45, 7) is 7.05. The van der Waals surface area contributed by atoms with Crippen molar-refractivity contribution in [3.63, 3.8) is 0 Å². The fourth-order valence-corrected chi connectivity index (χ4v) is 3.08. The molecule has 3 heterocycles. The van der Waals surface area contributed by atoms with E-state index in [-0.39, 0.29) is 5.82 Å². The Hall–Kier alpha value is -2.25. The van der Waals surface area contributed by atoms with E-state index < -0.39 is 0 Å². The lowest BCUT2D eigenvalue weighted by Gasteiger charge is -2.33. The molecule has 2 aromatic heterocycles. The molecule has 126 valence electrons. The van der Waals surface area contributed by atoms with E-state index in [1.54, 1.807) is 13.0 Å². The Kier molecular flexibility index (Phi) is 4.03. The third-order valence-corrected chi connectivity index (χ3v) is 4.31. The molecule has 0 aliphatic carbocycles. The molecule has 1 aliphatic heterocycles. The summed E-state index contributed by atoms with van der Waals surface area (Å²) in [5, 5.41) is 4.76. The van der Waals surface area contributed by atoms with E-state index in [0.717, 1.165) is 61.8 Å². The molecule has 0 saturated carbocycles. The number of rotatable bonds is 4. The Labute approximate surface area is 138 Å². The molecule has 0 N–H and O–H groups in total. The van der Waals surface area contributed by atoms with Gasteiger partial charge in [-0.15, -0.1) is 0 Å². The standard InChI is InChI=1S/C17H19FN4O2/c1-12-19-17(20-24-12)11-22-6-4-21(5-7-22)10-15-9-13-8-14(18)2-3-16(13)23-15/h2-3,8-9H,4-7,10-11H2,1H3. The average Bonchev–Trinajstić information content (AvgIpc) is 3.14. The molecule has 1 aliphatic rings. The van der Waals surface area contributed by atoms with Crippen molar-refractivity contribution in [2.45, 2.75) is 20.0 Å². The highest BCUT2D eigenvalue weighted by Gasteiger charge is 2.19. The van der Waals surface area contributed by atoms with Gasteiger partial charge in [-0.2, -0.15) is 4.98 Å². The lowest BCUT2D eigenvalue weighted by molar-refractivity contribution is 0.114. The summed E-state index contributed by atoms with van der Waals surface area (Å²) in [6, 6.07) is 6.53. The zero-order valence-corrected chi connectivity index (χ0v) is 13.5. The number of hydrogen-bond donors (Lipinski definition) is 0. The molecule has 24 heavy (non-hydrogen) atoms. The molecule has 1 aromatic carbocycles. The van der Waals surface area contributed by atoms with Crippen molar-refractivity contribution in [2.24, 2.45) is 0 Å². The summed E-state index contributed by atoms with van der Waals surface area (Å²) in [4.78, 5) is 8.90. The third kappa shape index (κ3) is 3.32. The van der Waals surface area contributed by atoms with Gasteiger partial charge < -0.3 is 8.94 Å². The fraction of sp³-hybridized carbons (Fsp3) is 0.412. The first-order valence-electron chi connectivity index (χ1n) is 8.07. The van der Waals surface area contributed by atoms with Gasteiger partial charge in [-0.25, -0.2) is 4.39 Å². The minimum absolute atomic E-state index is 0.236. The Bertz CT molecular complexity index is 836. The van der Waals surface area contributed by atoms with Crippen molar-refractivity contribution < 1.29 is 13.3 Å². The van der Waals surface area contributed by atoms with Crippen LogP contribution in [0.3, 0.4) is 0 Å². The summed E-state index contributed by atoms with van der Waals surface area (Å²) in [7, 11) is 0. The Morgan fingerprint density at radius 2 is 1.83 bits per heavy atom. The van der Waals surface area contributed by atoms with Crippen LogP contribution in [0.5, 0.6) is 0 Å². The molecule has 0 atom stereocenters. The lowest BCUT2D eigenvalue weighted by atomic mass is 10.2. The molecule has 0 amide bonds. The maximum absolute atomic E-state index is 13.3. The zero-order chi connectivity index (χ0) is 16.5. The topological polar surface area (TPSA) is 58.5 Å². The molecule has 0 unspecified atom stereocenters. The fourth-order valence-electron chi connectivity index (χ4n) is 3.08. The van der Waals surface area contributed by atoms with Crippen LogP contribution in [0.1, 0.15) is 17.5 Å². The number of fused-ring (bicyclic) bond motifs is 1. The second-order valence-electron chi connectivity index (χ2n) is 6.18. The summed E-state index contributed by atoms with van der Waals surface area (Å²) in [5.74, 6) is 1.98. The normalized spacial score (nSPS) is 16.9. The number of halogens is 1. The first-order valence-corrected chi connectivity index (χ1v) is 8.07. The second-order valence-corrected chi connectivity index (χ2v) is 6.18. The summed E-state index contributed by atoms with van der Waals surface area (Å²) < 4.78 is 24.1. The molecule has 3 aromatic rings. The Balaban J connectivity index is 1.33. The predicted octanol–water partition coefficient (Wildman–Crippen LogP) is 2.58. The molecule has 6 nitrogen and oxygen atoms in total. The molecule has 0 bridgehead atoms. The monoisotopic (exact) mass is 330 g/mol. The van der Waals surface area contributed by atoms with E-state index in [0.29, 0.717) is 5.89 Å². The number of piperazine rings is 1. The van der Waals surface area contributed by atoms with Crippen LogP contribution in [0.4, 0.5) is 4.39 Å². The van der Waals surface area contributed by atoms with Gasteiger partial charge in [-0.3, -0.25) is 9.80 Å². The SMILES string of the molecule is Cc1nc(CN2CCN(Cc3cc4cc(F)ccc4o3)CC2)no1. The lowest BCUT2D eigenvalue weighted by Crippen LogP contribution is -2.45. The maximum atomic E-state index is 13.3. The predicted molar refractivity (Wildman–Crippen MR) is 85.8 cm³/mol. The number of aryl methyl sites for hydroxylation is 1. The number of aromatic nitrogens is 2. The highest BCUT2D eigenvalue weighted by atomic mass is 19.1. The van der Waals surface area contributed by atoms with Crippen LogP contribution in [-0.2, 0) is 13.1 Å². The summed E-state index contributed by atoms with van der Waals surface area (Å²) in [5.41, 5.74) is 0.734. The van der Waals surface area contributed by atoms with E-state index in [9.17, 15) is 4.39 Å². The summed E-state index contributed by atoms with van der Waals surface area (Å²) in [6.07, 6.45) is 0. The van der Waals surface area contributed by atoms with Gasteiger partial charge in [-0.05, 0) is 24.3 Å².